The summed E-state index contributed by atoms with van der Waals surface area (Å²) in [5.41, 5.74) is 9.93. The highest BCUT2D eigenvalue weighted by Crippen LogP contribution is 2.28. The maximum Gasteiger partial charge on any atom is 0.123 e. The van der Waals surface area contributed by atoms with Gasteiger partial charge in [0.05, 0.1) is 11.2 Å². The zero-order valence-corrected chi connectivity index (χ0v) is 14.2. The standard InChI is InChI=1S/C21H22FN3/c22-18-4-1-15(2-5-18)16-9-11-25(12-10-16)14-20-7-3-17-13-19(23)6-8-21(17)24-20/h1-8,13,16H,9-12,14,23H2. The van der Waals surface area contributed by atoms with E-state index in [1.807, 2.05) is 30.3 Å². The molecule has 3 aromatic rings. The van der Waals surface area contributed by atoms with E-state index in [2.05, 4.69) is 17.0 Å². The molecule has 1 aliphatic heterocycles. The van der Waals surface area contributed by atoms with Crippen molar-refractivity contribution in [2.24, 2.45) is 0 Å². The molecule has 1 fully saturated rings. The summed E-state index contributed by atoms with van der Waals surface area (Å²) >= 11 is 0. The second-order valence-electron chi connectivity index (χ2n) is 6.86. The van der Waals surface area contributed by atoms with Gasteiger partial charge >= 0.3 is 0 Å². The van der Waals surface area contributed by atoms with Crippen LogP contribution >= 0.6 is 0 Å². The van der Waals surface area contributed by atoms with Crippen LogP contribution in [-0.2, 0) is 6.54 Å². The Morgan fingerprint density at radius 1 is 1.00 bits per heavy atom. The number of halogens is 1. The number of anilines is 1. The molecule has 1 saturated heterocycles. The van der Waals surface area contributed by atoms with Crippen LogP contribution in [0.1, 0.15) is 30.0 Å². The fraction of sp³-hybridized carbons (Fsp3) is 0.286. The number of rotatable bonds is 3. The van der Waals surface area contributed by atoms with Crippen molar-refractivity contribution >= 4 is 16.6 Å². The molecule has 128 valence electrons. The molecule has 0 aliphatic carbocycles. The van der Waals surface area contributed by atoms with Crippen LogP contribution in [0.4, 0.5) is 10.1 Å². The van der Waals surface area contributed by atoms with Crippen LogP contribution in [0.3, 0.4) is 0 Å². The summed E-state index contributed by atoms with van der Waals surface area (Å²) in [5.74, 6) is 0.370. The Morgan fingerprint density at radius 3 is 2.52 bits per heavy atom. The van der Waals surface area contributed by atoms with E-state index in [4.69, 9.17) is 10.7 Å². The molecule has 0 radical (unpaired) electrons. The molecule has 4 rings (SSSR count). The SMILES string of the molecule is Nc1ccc2nc(CN3CCC(c4ccc(F)cc4)CC3)ccc2c1. The lowest BCUT2D eigenvalue weighted by Crippen LogP contribution is -2.32. The lowest BCUT2D eigenvalue weighted by molar-refractivity contribution is 0.202. The summed E-state index contributed by atoms with van der Waals surface area (Å²) in [4.78, 5) is 7.21. The van der Waals surface area contributed by atoms with Gasteiger partial charge in [-0.25, -0.2) is 4.39 Å². The minimum atomic E-state index is -0.162. The Bertz CT molecular complexity index is 868. The van der Waals surface area contributed by atoms with Gasteiger partial charge in [-0.2, -0.15) is 0 Å². The number of likely N-dealkylation sites (tertiary alicyclic amines) is 1. The Kier molecular flexibility index (Phi) is 4.36. The minimum absolute atomic E-state index is 0.162. The van der Waals surface area contributed by atoms with E-state index in [-0.39, 0.29) is 5.82 Å². The maximum absolute atomic E-state index is 13.1. The largest absolute Gasteiger partial charge is 0.399 e. The van der Waals surface area contributed by atoms with E-state index in [0.717, 1.165) is 54.8 Å². The van der Waals surface area contributed by atoms with Gasteiger partial charge < -0.3 is 5.73 Å². The second-order valence-corrected chi connectivity index (χ2v) is 6.86. The molecule has 2 heterocycles. The van der Waals surface area contributed by atoms with E-state index < -0.39 is 0 Å². The van der Waals surface area contributed by atoms with Crippen molar-refractivity contribution in [2.45, 2.75) is 25.3 Å². The number of hydrogen-bond donors (Lipinski definition) is 1. The normalized spacial score (nSPS) is 16.4. The van der Waals surface area contributed by atoms with Crippen molar-refractivity contribution < 1.29 is 4.39 Å². The lowest BCUT2D eigenvalue weighted by atomic mass is 9.89. The third-order valence-electron chi connectivity index (χ3n) is 5.09. The van der Waals surface area contributed by atoms with Crippen molar-refractivity contribution in [3.05, 3.63) is 71.7 Å². The Morgan fingerprint density at radius 2 is 1.76 bits per heavy atom. The second kappa shape index (κ2) is 6.81. The number of benzene rings is 2. The summed E-state index contributed by atoms with van der Waals surface area (Å²) in [7, 11) is 0. The molecule has 25 heavy (non-hydrogen) atoms. The Labute approximate surface area is 147 Å². The summed E-state index contributed by atoms with van der Waals surface area (Å²) in [6, 6.07) is 17.0. The van der Waals surface area contributed by atoms with Crippen LogP contribution in [-0.4, -0.2) is 23.0 Å². The molecular formula is C21H22FN3. The summed E-state index contributed by atoms with van der Waals surface area (Å²) in [6.45, 7) is 2.96. The van der Waals surface area contributed by atoms with Gasteiger partial charge in [0.25, 0.3) is 0 Å². The van der Waals surface area contributed by atoms with Crippen molar-refractivity contribution in [3.63, 3.8) is 0 Å². The number of fused-ring (bicyclic) bond motifs is 1. The molecule has 3 nitrogen and oxygen atoms in total. The van der Waals surface area contributed by atoms with Crippen LogP contribution < -0.4 is 5.73 Å². The monoisotopic (exact) mass is 335 g/mol. The van der Waals surface area contributed by atoms with Gasteiger partial charge in [-0.3, -0.25) is 9.88 Å². The molecule has 0 unspecified atom stereocenters. The van der Waals surface area contributed by atoms with Gasteiger partial charge in [0.2, 0.25) is 0 Å². The topological polar surface area (TPSA) is 42.1 Å². The number of nitrogen functional groups attached to an aromatic ring is 1. The van der Waals surface area contributed by atoms with E-state index >= 15 is 0 Å². The van der Waals surface area contributed by atoms with Gasteiger partial charge in [0, 0.05) is 17.6 Å². The van der Waals surface area contributed by atoms with Gasteiger partial charge in [-0.1, -0.05) is 18.2 Å². The van der Waals surface area contributed by atoms with Crippen molar-refractivity contribution in [1.29, 1.82) is 0 Å². The van der Waals surface area contributed by atoms with Crippen molar-refractivity contribution in [3.8, 4) is 0 Å². The summed E-state index contributed by atoms with van der Waals surface area (Å²) < 4.78 is 13.1. The van der Waals surface area contributed by atoms with Crippen LogP contribution in [0.2, 0.25) is 0 Å². The zero-order valence-electron chi connectivity index (χ0n) is 14.2. The molecule has 2 N–H and O–H groups in total. The lowest BCUT2D eigenvalue weighted by Gasteiger charge is -2.32. The molecule has 0 amide bonds. The van der Waals surface area contributed by atoms with E-state index in [0.29, 0.717) is 5.92 Å². The Balaban J connectivity index is 1.40. The van der Waals surface area contributed by atoms with Crippen LogP contribution in [0.5, 0.6) is 0 Å². The predicted octanol–water partition coefficient (Wildman–Crippen LogP) is 4.34. The number of nitrogens with two attached hydrogens (primary N) is 1. The minimum Gasteiger partial charge on any atom is -0.399 e. The van der Waals surface area contributed by atoms with Crippen LogP contribution in [0.25, 0.3) is 10.9 Å². The highest BCUT2D eigenvalue weighted by atomic mass is 19.1. The summed E-state index contributed by atoms with van der Waals surface area (Å²) in [5, 5.41) is 1.08. The quantitative estimate of drug-likeness (QED) is 0.724. The molecule has 0 atom stereocenters. The first-order valence-corrected chi connectivity index (χ1v) is 8.80. The molecule has 1 aromatic heterocycles. The van der Waals surface area contributed by atoms with Gasteiger partial charge in [0.1, 0.15) is 5.82 Å². The molecule has 1 aliphatic rings. The molecule has 2 aromatic carbocycles. The van der Waals surface area contributed by atoms with Crippen LogP contribution in [0, 0.1) is 5.82 Å². The Hall–Kier alpha value is -2.46. The number of aromatic nitrogens is 1. The van der Waals surface area contributed by atoms with Gasteiger partial charge in [-0.15, -0.1) is 0 Å². The smallest absolute Gasteiger partial charge is 0.123 e. The first kappa shape index (κ1) is 16.0. The average Bonchev–Trinajstić information content (AvgIpc) is 2.63. The van der Waals surface area contributed by atoms with E-state index in [9.17, 15) is 4.39 Å². The fourth-order valence-electron chi connectivity index (χ4n) is 3.66. The first-order chi connectivity index (χ1) is 12.2. The molecule has 4 heteroatoms. The third-order valence-corrected chi connectivity index (χ3v) is 5.09. The van der Waals surface area contributed by atoms with E-state index in [1.165, 1.54) is 5.56 Å². The average molecular weight is 335 g/mol. The van der Waals surface area contributed by atoms with Gasteiger partial charge in [-0.05, 0) is 73.8 Å². The molecular weight excluding hydrogens is 313 g/mol. The fourth-order valence-corrected chi connectivity index (χ4v) is 3.66. The van der Waals surface area contributed by atoms with Gasteiger partial charge in [0.15, 0.2) is 0 Å². The zero-order chi connectivity index (χ0) is 17.2. The highest BCUT2D eigenvalue weighted by Gasteiger charge is 2.21. The number of nitrogens with zero attached hydrogens (tertiary/aromatic N) is 2. The first-order valence-electron chi connectivity index (χ1n) is 8.80. The third kappa shape index (κ3) is 3.64. The van der Waals surface area contributed by atoms with Crippen molar-refractivity contribution in [1.82, 2.24) is 9.88 Å². The molecule has 0 bridgehead atoms. The predicted molar refractivity (Wildman–Crippen MR) is 99.8 cm³/mol. The molecule has 0 saturated carbocycles. The maximum atomic E-state index is 13.1. The van der Waals surface area contributed by atoms with Crippen molar-refractivity contribution in [2.75, 3.05) is 18.8 Å². The highest BCUT2D eigenvalue weighted by molar-refractivity contribution is 5.81. The number of hydrogen-bond acceptors (Lipinski definition) is 3. The number of pyridine rings is 1. The van der Waals surface area contributed by atoms with Crippen LogP contribution in [0.15, 0.2) is 54.6 Å². The number of piperidine rings is 1. The molecule has 0 spiro atoms. The van der Waals surface area contributed by atoms with E-state index in [1.54, 1.807) is 12.1 Å². The summed E-state index contributed by atoms with van der Waals surface area (Å²) in [6.07, 6.45) is 2.21.